The van der Waals surface area contributed by atoms with E-state index in [9.17, 15) is 10.4 Å². The number of benzene rings is 2. The number of anilines is 2. The summed E-state index contributed by atoms with van der Waals surface area (Å²) in [6.07, 6.45) is 6.80. The normalized spacial score (nSPS) is 14.4. The zero-order valence-electron chi connectivity index (χ0n) is 21.8. The predicted molar refractivity (Wildman–Crippen MR) is 162 cm³/mol. The van der Waals surface area contributed by atoms with Crippen molar-refractivity contribution in [3.8, 4) is 16.5 Å². The maximum Gasteiger partial charge on any atom is 0.172 e. The molecule has 0 unspecified atom stereocenters. The number of hydrogen-bond acceptors (Lipinski definition) is 8. The van der Waals surface area contributed by atoms with Crippen LogP contribution in [0.3, 0.4) is 0 Å². The third kappa shape index (κ3) is 5.73. The van der Waals surface area contributed by atoms with Crippen molar-refractivity contribution in [3.63, 3.8) is 0 Å². The summed E-state index contributed by atoms with van der Waals surface area (Å²) in [5, 5.41) is 25.4. The molecule has 4 heterocycles. The first-order chi connectivity index (χ1) is 19.5. The summed E-state index contributed by atoms with van der Waals surface area (Å²) in [6.45, 7) is 2.77. The zero-order valence-corrected chi connectivity index (χ0v) is 24.2. The summed E-state index contributed by atoms with van der Waals surface area (Å²) >= 11 is 9.91. The molecule has 0 aliphatic carbocycles. The molecule has 0 atom stereocenters. The third-order valence-electron chi connectivity index (χ3n) is 7.05. The van der Waals surface area contributed by atoms with Crippen LogP contribution in [-0.2, 0) is 13.6 Å². The Morgan fingerprint density at radius 3 is 2.75 bits per heavy atom. The summed E-state index contributed by atoms with van der Waals surface area (Å²) < 4.78 is 1.95. The van der Waals surface area contributed by atoms with E-state index in [1.54, 1.807) is 23.7 Å². The van der Waals surface area contributed by atoms with Gasteiger partial charge >= 0.3 is 0 Å². The van der Waals surface area contributed by atoms with Gasteiger partial charge in [-0.3, -0.25) is 9.88 Å². The third-order valence-corrected chi connectivity index (χ3v) is 9.75. The molecule has 0 bridgehead atoms. The summed E-state index contributed by atoms with van der Waals surface area (Å²) in [5.74, 6) is 0. The minimum absolute atomic E-state index is 0.159. The number of aryl methyl sites for hydroxylation is 1. The monoisotopic (exact) mass is 586 g/mol. The van der Waals surface area contributed by atoms with Crippen molar-refractivity contribution in [1.29, 1.82) is 5.26 Å². The molecule has 1 saturated heterocycles. The second-order valence-corrected chi connectivity index (χ2v) is 12.4. The van der Waals surface area contributed by atoms with Crippen LogP contribution in [0.1, 0.15) is 23.3 Å². The summed E-state index contributed by atoms with van der Waals surface area (Å²) in [6, 6.07) is 18.6. The summed E-state index contributed by atoms with van der Waals surface area (Å²) in [4.78, 5) is 14.8. The Bertz CT molecular complexity index is 1720. The smallest absolute Gasteiger partial charge is 0.172 e. The predicted octanol–water partition coefficient (Wildman–Crippen LogP) is 7.07. The first-order valence-corrected chi connectivity index (χ1v) is 15.0. The number of nitrogens with zero attached hydrogens (tertiary/aromatic N) is 5. The van der Waals surface area contributed by atoms with E-state index in [-0.39, 0.29) is 6.10 Å². The lowest BCUT2D eigenvalue weighted by molar-refractivity contribution is 0.0797. The van der Waals surface area contributed by atoms with Gasteiger partial charge in [0.1, 0.15) is 6.07 Å². The number of nitrogens with one attached hydrogen (secondary N) is 1. The van der Waals surface area contributed by atoms with Crippen LogP contribution in [0, 0.1) is 11.3 Å². The molecular formula is C30H27ClN6OS2. The minimum atomic E-state index is -0.159. The van der Waals surface area contributed by atoms with E-state index in [0.717, 1.165) is 64.7 Å². The number of likely N-dealkylation sites (tertiary alicyclic amines) is 1. The number of hydrogen-bond donors (Lipinski definition) is 2. The van der Waals surface area contributed by atoms with E-state index in [2.05, 4.69) is 50.5 Å². The van der Waals surface area contributed by atoms with Crippen molar-refractivity contribution < 1.29 is 5.11 Å². The maximum absolute atomic E-state index is 9.82. The topological polar surface area (TPSA) is 90.0 Å². The Morgan fingerprint density at radius 1 is 1.15 bits per heavy atom. The second-order valence-electron chi connectivity index (χ2n) is 9.86. The standard InChI is InChI=1S/C30H27ClN6OS2/c1-36-13-10-33-30(36)40-28-6-3-21(15-25(28)31)35-29-20(16-32)17-34-26-14-19(2-5-24(26)29)27-7-4-23(39-27)18-37-11-8-22(38)9-12-37/h2-7,10,13-15,17,22,38H,8-9,11-12,18H2,1H3,(H,34,35). The number of rotatable bonds is 7. The lowest BCUT2D eigenvalue weighted by Crippen LogP contribution is -2.35. The Labute approximate surface area is 246 Å². The highest BCUT2D eigenvalue weighted by atomic mass is 35.5. The van der Waals surface area contributed by atoms with Gasteiger partial charge in [-0.1, -0.05) is 35.5 Å². The maximum atomic E-state index is 9.82. The van der Waals surface area contributed by atoms with Gasteiger partial charge in [0.25, 0.3) is 0 Å². The largest absolute Gasteiger partial charge is 0.393 e. The molecule has 0 spiro atoms. The van der Waals surface area contributed by atoms with Crippen molar-refractivity contribution in [1.82, 2.24) is 19.4 Å². The van der Waals surface area contributed by atoms with Gasteiger partial charge in [-0.25, -0.2) is 4.98 Å². The molecule has 2 aromatic carbocycles. The molecule has 2 N–H and O–H groups in total. The number of piperidine rings is 1. The van der Waals surface area contributed by atoms with Crippen LogP contribution >= 0.6 is 34.7 Å². The van der Waals surface area contributed by atoms with E-state index in [1.807, 2.05) is 42.1 Å². The van der Waals surface area contributed by atoms with Crippen LogP contribution in [0.15, 0.2) is 77.2 Å². The number of aromatic nitrogens is 3. The molecular weight excluding hydrogens is 560 g/mol. The number of thiophene rings is 1. The lowest BCUT2D eigenvalue weighted by Gasteiger charge is -2.28. The van der Waals surface area contributed by atoms with Gasteiger partial charge in [0.15, 0.2) is 5.16 Å². The number of pyridine rings is 1. The molecule has 1 aliphatic rings. The minimum Gasteiger partial charge on any atom is -0.393 e. The van der Waals surface area contributed by atoms with Crippen molar-refractivity contribution >= 4 is 57.0 Å². The van der Waals surface area contributed by atoms with E-state index >= 15 is 0 Å². The van der Waals surface area contributed by atoms with Crippen molar-refractivity contribution in [2.75, 3.05) is 18.4 Å². The fraction of sp³-hybridized carbons (Fsp3) is 0.233. The van der Waals surface area contributed by atoms with Gasteiger partial charge in [-0.2, -0.15) is 5.26 Å². The Kier molecular flexibility index (Phi) is 7.78. The molecule has 40 heavy (non-hydrogen) atoms. The number of aliphatic hydroxyl groups is 1. The zero-order chi connectivity index (χ0) is 27.6. The van der Waals surface area contributed by atoms with Crippen LogP contribution in [0.2, 0.25) is 5.02 Å². The quantitative estimate of drug-likeness (QED) is 0.211. The number of aliphatic hydroxyl groups excluding tert-OH is 1. The number of nitriles is 1. The van der Waals surface area contributed by atoms with Gasteiger partial charge in [0.05, 0.1) is 27.9 Å². The lowest BCUT2D eigenvalue weighted by atomic mass is 10.1. The van der Waals surface area contributed by atoms with Gasteiger partial charge < -0.3 is 15.0 Å². The van der Waals surface area contributed by atoms with Crippen LogP contribution < -0.4 is 5.32 Å². The first kappa shape index (κ1) is 26.8. The molecule has 202 valence electrons. The van der Waals surface area contributed by atoms with Gasteiger partial charge in [0.2, 0.25) is 0 Å². The number of fused-ring (bicyclic) bond motifs is 1. The van der Waals surface area contributed by atoms with Gasteiger partial charge in [0, 0.05) is 71.0 Å². The second kappa shape index (κ2) is 11.6. The van der Waals surface area contributed by atoms with Gasteiger partial charge in [-0.15, -0.1) is 11.3 Å². The Morgan fingerprint density at radius 2 is 2.00 bits per heavy atom. The SMILES string of the molecule is Cn1ccnc1Sc1ccc(Nc2c(C#N)cnc3cc(-c4ccc(CN5CCC(O)CC5)s4)ccc23)cc1Cl. The van der Waals surface area contributed by atoms with Crippen LogP contribution in [0.5, 0.6) is 0 Å². The Balaban J connectivity index is 1.24. The van der Waals surface area contributed by atoms with E-state index in [1.165, 1.54) is 21.5 Å². The highest BCUT2D eigenvalue weighted by molar-refractivity contribution is 7.99. The molecule has 0 radical (unpaired) electrons. The van der Waals surface area contributed by atoms with E-state index in [4.69, 9.17) is 11.6 Å². The highest BCUT2D eigenvalue weighted by Crippen LogP contribution is 2.37. The Hall–Kier alpha value is -3.39. The molecule has 6 rings (SSSR count). The van der Waals surface area contributed by atoms with Crippen molar-refractivity contribution in [2.24, 2.45) is 7.05 Å². The van der Waals surface area contributed by atoms with Crippen molar-refractivity contribution in [2.45, 2.75) is 35.5 Å². The van der Waals surface area contributed by atoms with Crippen LogP contribution in [-0.4, -0.2) is 43.7 Å². The molecule has 10 heteroatoms. The fourth-order valence-corrected chi connectivity index (χ4v) is 6.99. The fourth-order valence-electron chi connectivity index (χ4n) is 4.84. The molecule has 5 aromatic rings. The summed E-state index contributed by atoms with van der Waals surface area (Å²) in [7, 11) is 1.95. The molecule has 7 nitrogen and oxygen atoms in total. The first-order valence-electron chi connectivity index (χ1n) is 13.0. The van der Waals surface area contributed by atoms with Gasteiger partial charge in [-0.05, 0) is 54.8 Å². The van der Waals surface area contributed by atoms with E-state index in [0.29, 0.717) is 16.3 Å². The van der Waals surface area contributed by atoms with Crippen molar-refractivity contribution in [3.05, 3.63) is 82.6 Å². The molecule has 1 aliphatic heterocycles. The number of imidazole rings is 1. The molecule has 1 fully saturated rings. The van der Waals surface area contributed by atoms with E-state index < -0.39 is 0 Å². The molecule has 0 amide bonds. The highest BCUT2D eigenvalue weighted by Gasteiger charge is 2.18. The average Bonchev–Trinajstić information content (AvgIpc) is 3.60. The molecule has 3 aromatic heterocycles. The average molecular weight is 587 g/mol. The summed E-state index contributed by atoms with van der Waals surface area (Å²) in [5.41, 5.74) is 3.87. The van der Waals surface area contributed by atoms with Crippen LogP contribution in [0.25, 0.3) is 21.3 Å². The van der Waals surface area contributed by atoms with Crippen LogP contribution in [0.4, 0.5) is 11.4 Å². The number of halogens is 1. The molecule has 0 saturated carbocycles.